The van der Waals surface area contributed by atoms with E-state index >= 15 is 0 Å². The molecule has 2 aromatic carbocycles. The van der Waals surface area contributed by atoms with Crippen LogP contribution in [0.2, 0.25) is 5.02 Å². The molecule has 1 aliphatic rings. The number of rotatable bonds is 8. The lowest BCUT2D eigenvalue weighted by molar-refractivity contribution is -0.128. The molecule has 190 valence electrons. The minimum Gasteiger partial charge on any atom is -0.479 e. The molecule has 4 atom stereocenters. The molecule has 9 nitrogen and oxygen atoms in total. The minimum absolute atomic E-state index is 0.0175. The Labute approximate surface area is 212 Å². The van der Waals surface area contributed by atoms with E-state index in [0.29, 0.717) is 22.8 Å². The van der Waals surface area contributed by atoms with Gasteiger partial charge in [-0.1, -0.05) is 54.9 Å². The Kier molecular flexibility index (Phi) is 7.93. The van der Waals surface area contributed by atoms with Crippen molar-refractivity contribution < 1.29 is 19.4 Å². The molecule has 1 amide bonds. The molecule has 4 rings (SSSR count). The largest absolute Gasteiger partial charge is 0.479 e. The van der Waals surface area contributed by atoms with Crippen molar-refractivity contribution in [1.29, 1.82) is 0 Å². The summed E-state index contributed by atoms with van der Waals surface area (Å²) < 4.78 is 12.8. The Balaban J connectivity index is 1.34. The summed E-state index contributed by atoms with van der Waals surface area (Å²) in [6.07, 6.45) is -1.21. The fourth-order valence-corrected chi connectivity index (χ4v) is 4.28. The van der Waals surface area contributed by atoms with Crippen LogP contribution in [-0.4, -0.2) is 45.4 Å². The fourth-order valence-electron chi connectivity index (χ4n) is 4.06. The van der Waals surface area contributed by atoms with Crippen LogP contribution in [-0.2, 0) is 16.0 Å². The first-order chi connectivity index (χ1) is 17.3. The van der Waals surface area contributed by atoms with Gasteiger partial charge < -0.3 is 19.9 Å². The standard InChI is InChI=1S/C26H28ClN3O6/c1-3-16-14-30(26(34)29-25(16)33)23-12-20(31)22(36-23)13-28-24(32)15(2)35-21-10-9-18(11-19(21)27)17-7-5-4-6-8-17/h4-11,14-15,20,22-23,31H,3,12-13H2,1-2H3,(H,28,32)(H,29,33,34)/t15-,20?,22-,23-/m0/s1. The van der Waals surface area contributed by atoms with E-state index in [4.69, 9.17) is 21.1 Å². The van der Waals surface area contributed by atoms with Gasteiger partial charge in [-0.15, -0.1) is 0 Å². The van der Waals surface area contributed by atoms with Gasteiger partial charge in [-0.05, 0) is 36.6 Å². The third kappa shape index (κ3) is 5.70. The van der Waals surface area contributed by atoms with Crippen molar-refractivity contribution in [3.63, 3.8) is 0 Å². The molecule has 3 aromatic rings. The van der Waals surface area contributed by atoms with Gasteiger partial charge in [-0.3, -0.25) is 19.1 Å². The number of nitrogens with zero attached hydrogens (tertiary/aromatic N) is 1. The number of H-pyrrole nitrogens is 1. The second-order valence-corrected chi connectivity index (χ2v) is 9.03. The van der Waals surface area contributed by atoms with E-state index in [-0.39, 0.29) is 13.0 Å². The number of aromatic nitrogens is 2. The number of aliphatic hydroxyl groups is 1. The maximum Gasteiger partial charge on any atom is 0.330 e. The number of nitrogens with one attached hydrogen (secondary N) is 2. The predicted octanol–water partition coefficient (Wildman–Crippen LogP) is 2.65. The van der Waals surface area contributed by atoms with Crippen LogP contribution in [0.3, 0.4) is 0 Å². The van der Waals surface area contributed by atoms with Gasteiger partial charge in [0.05, 0.1) is 11.1 Å². The first-order valence-electron chi connectivity index (χ1n) is 11.7. The van der Waals surface area contributed by atoms with Crippen molar-refractivity contribution in [2.24, 2.45) is 0 Å². The van der Waals surface area contributed by atoms with Crippen LogP contribution in [0.1, 0.15) is 32.1 Å². The molecular formula is C26H28ClN3O6. The van der Waals surface area contributed by atoms with Gasteiger partial charge in [0.2, 0.25) is 0 Å². The molecule has 0 saturated carbocycles. The van der Waals surface area contributed by atoms with Crippen LogP contribution >= 0.6 is 11.6 Å². The fraction of sp³-hybridized carbons (Fsp3) is 0.346. The van der Waals surface area contributed by atoms with Crippen molar-refractivity contribution in [2.45, 2.75) is 51.2 Å². The lowest BCUT2D eigenvalue weighted by atomic mass is 10.1. The number of amides is 1. The number of aliphatic hydroxyl groups excluding tert-OH is 1. The van der Waals surface area contributed by atoms with Gasteiger partial charge >= 0.3 is 5.69 Å². The topological polar surface area (TPSA) is 123 Å². The number of ether oxygens (including phenoxy) is 2. The van der Waals surface area contributed by atoms with E-state index in [2.05, 4.69) is 10.3 Å². The number of hydrogen-bond donors (Lipinski definition) is 3. The zero-order valence-electron chi connectivity index (χ0n) is 19.9. The van der Waals surface area contributed by atoms with Gasteiger partial charge in [0.25, 0.3) is 11.5 Å². The van der Waals surface area contributed by atoms with Crippen molar-refractivity contribution in [3.05, 3.63) is 86.2 Å². The van der Waals surface area contributed by atoms with E-state index in [1.165, 1.54) is 10.8 Å². The Morgan fingerprint density at radius 3 is 2.69 bits per heavy atom. The predicted molar refractivity (Wildman–Crippen MR) is 135 cm³/mol. The second kappa shape index (κ2) is 11.1. The molecule has 1 fully saturated rings. The summed E-state index contributed by atoms with van der Waals surface area (Å²) in [6.45, 7) is 3.41. The Hall–Kier alpha value is -3.40. The highest BCUT2D eigenvalue weighted by molar-refractivity contribution is 6.32. The molecule has 0 spiro atoms. The molecule has 1 saturated heterocycles. The zero-order chi connectivity index (χ0) is 25.8. The quantitative estimate of drug-likeness (QED) is 0.425. The minimum atomic E-state index is -0.907. The molecular weight excluding hydrogens is 486 g/mol. The van der Waals surface area contributed by atoms with Gasteiger partial charge in [-0.2, -0.15) is 0 Å². The molecule has 0 bridgehead atoms. The lowest BCUT2D eigenvalue weighted by Gasteiger charge is -2.19. The number of aromatic amines is 1. The SMILES string of the molecule is CCc1cn([C@@H]2CC(O)[C@H](CNC(=O)[C@H](C)Oc3ccc(-c4ccccc4)cc3Cl)O2)c(=O)[nH]c1=O. The molecule has 10 heteroatoms. The van der Waals surface area contributed by atoms with Crippen LogP contribution in [0.15, 0.2) is 64.3 Å². The third-order valence-corrected chi connectivity index (χ3v) is 6.42. The maximum absolute atomic E-state index is 12.6. The number of hydrogen-bond acceptors (Lipinski definition) is 6. The molecule has 1 aromatic heterocycles. The van der Waals surface area contributed by atoms with Gasteiger partial charge in [0.15, 0.2) is 6.10 Å². The van der Waals surface area contributed by atoms with Crippen LogP contribution in [0.25, 0.3) is 11.1 Å². The summed E-state index contributed by atoms with van der Waals surface area (Å²) in [4.78, 5) is 38.9. The van der Waals surface area contributed by atoms with Crippen LogP contribution in [0.4, 0.5) is 0 Å². The molecule has 2 heterocycles. The van der Waals surface area contributed by atoms with E-state index in [1.807, 2.05) is 36.4 Å². The first kappa shape index (κ1) is 25.7. The van der Waals surface area contributed by atoms with Gasteiger partial charge in [0, 0.05) is 24.7 Å². The van der Waals surface area contributed by atoms with E-state index in [1.54, 1.807) is 26.0 Å². The maximum atomic E-state index is 12.6. The molecule has 36 heavy (non-hydrogen) atoms. The van der Waals surface area contributed by atoms with Crippen molar-refractivity contribution in [1.82, 2.24) is 14.9 Å². The van der Waals surface area contributed by atoms with Crippen LogP contribution in [0.5, 0.6) is 5.75 Å². The summed E-state index contributed by atoms with van der Waals surface area (Å²) in [7, 11) is 0. The average Bonchev–Trinajstić information content (AvgIpc) is 3.24. The highest BCUT2D eigenvalue weighted by Gasteiger charge is 2.36. The van der Waals surface area contributed by atoms with E-state index in [9.17, 15) is 19.5 Å². The Morgan fingerprint density at radius 1 is 1.25 bits per heavy atom. The number of benzene rings is 2. The summed E-state index contributed by atoms with van der Waals surface area (Å²) in [6, 6.07) is 15.1. The average molecular weight is 514 g/mol. The smallest absolute Gasteiger partial charge is 0.330 e. The van der Waals surface area contributed by atoms with Gasteiger partial charge in [-0.25, -0.2) is 4.79 Å². The van der Waals surface area contributed by atoms with E-state index < -0.39 is 41.7 Å². The highest BCUT2D eigenvalue weighted by Crippen LogP contribution is 2.31. The van der Waals surface area contributed by atoms with Crippen molar-refractivity contribution in [3.8, 4) is 16.9 Å². The molecule has 3 N–H and O–H groups in total. The summed E-state index contributed by atoms with van der Waals surface area (Å²) in [5.74, 6) is -0.0349. The summed E-state index contributed by atoms with van der Waals surface area (Å²) >= 11 is 6.39. The normalized spacial score (nSPS) is 20.2. The molecule has 0 radical (unpaired) electrons. The second-order valence-electron chi connectivity index (χ2n) is 8.62. The van der Waals surface area contributed by atoms with Crippen molar-refractivity contribution >= 4 is 17.5 Å². The Morgan fingerprint density at radius 2 is 2.00 bits per heavy atom. The highest BCUT2D eigenvalue weighted by atomic mass is 35.5. The number of carbonyl (C=O) groups is 1. The molecule has 1 aliphatic heterocycles. The number of aryl methyl sites for hydroxylation is 1. The van der Waals surface area contributed by atoms with Crippen molar-refractivity contribution in [2.75, 3.05) is 6.54 Å². The monoisotopic (exact) mass is 513 g/mol. The number of halogens is 1. The van der Waals surface area contributed by atoms with Gasteiger partial charge in [0.1, 0.15) is 18.1 Å². The van der Waals surface area contributed by atoms with Crippen LogP contribution < -0.4 is 21.3 Å². The lowest BCUT2D eigenvalue weighted by Crippen LogP contribution is -2.42. The summed E-state index contributed by atoms with van der Waals surface area (Å²) in [5, 5.41) is 13.5. The third-order valence-electron chi connectivity index (χ3n) is 6.13. The Bertz CT molecular complexity index is 1340. The molecule has 0 aliphatic carbocycles. The molecule has 1 unspecified atom stereocenters. The van der Waals surface area contributed by atoms with E-state index in [0.717, 1.165) is 11.1 Å². The zero-order valence-corrected chi connectivity index (χ0v) is 20.7. The van der Waals surface area contributed by atoms with Crippen LogP contribution in [0, 0.1) is 0 Å². The summed E-state index contributed by atoms with van der Waals surface area (Å²) in [5.41, 5.74) is 1.33. The first-order valence-corrected chi connectivity index (χ1v) is 12.1. The number of carbonyl (C=O) groups excluding carboxylic acids is 1.